The summed E-state index contributed by atoms with van der Waals surface area (Å²) in [5.74, 6) is 1.02. The number of anilines is 1. The summed E-state index contributed by atoms with van der Waals surface area (Å²) in [6.45, 7) is 4.81. The molecule has 4 heteroatoms. The molecule has 4 nitrogen and oxygen atoms in total. The molecule has 1 N–H and O–H groups in total. The summed E-state index contributed by atoms with van der Waals surface area (Å²) >= 11 is 0. The lowest BCUT2D eigenvalue weighted by Gasteiger charge is -2.08. The van der Waals surface area contributed by atoms with Crippen molar-refractivity contribution in [1.82, 2.24) is 9.55 Å². The summed E-state index contributed by atoms with van der Waals surface area (Å²) in [6.07, 6.45) is 1.39. The Labute approximate surface area is 136 Å². The van der Waals surface area contributed by atoms with Crippen molar-refractivity contribution in [3.63, 3.8) is 0 Å². The zero-order valence-corrected chi connectivity index (χ0v) is 13.5. The molecule has 1 heterocycles. The van der Waals surface area contributed by atoms with Crippen LogP contribution in [0.3, 0.4) is 0 Å². The standard InChI is InChI=1S/C19H21N3O/c1-3-7-19(23)21-16-10-11-18-17(12-16)20-14(2)22(18)13-15-8-5-4-6-9-15/h4-6,8-12H,3,7,13H2,1-2H3,(H,21,23). The fourth-order valence-electron chi connectivity index (χ4n) is 2.74. The van der Waals surface area contributed by atoms with E-state index in [1.165, 1.54) is 5.56 Å². The molecule has 0 aliphatic heterocycles. The second kappa shape index (κ2) is 6.65. The summed E-state index contributed by atoms with van der Waals surface area (Å²) < 4.78 is 2.20. The van der Waals surface area contributed by atoms with Gasteiger partial charge in [-0.2, -0.15) is 0 Å². The first-order valence-electron chi connectivity index (χ1n) is 7.98. The molecule has 0 saturated carbocycles. The number of benzene rings is 2. The topological polar surface area (TPSA) is 46.9 Å². The van der Waals surface area contributed by atoms with E-state index >= 15 is 0 Å². The minimum Gasteiger partial charge on any atom is -0.326 e. The van der Waals surface area contributed by atoms with Crippen molar-refractivity contribution in [2.75, 3.05) is 5.32 Å². The monoisotopic (exact) mass is 307 g/mol. The highest BCUT2D eigenvalue weighted by molar-refractivity contribution is 5.93. The van der Waals surface area contributed by atoms with Crippen LogP contribution in [0.5, 0.6) is 0 Å². The van der Waals surface area contributed by atoms with Gasteiger partial charge in [0.25, 0.3) is 0 Å². The smallest absolute Gasteiger partial charge is 0.224 e. The number of imidazole rings is 1. The molecule has 0 aliphatic carbocycles. The predicted octanol–water partition coefficient (Wildman–Crippen LogP) is 4.13. The van der Waals surface area contributed by atoms with Crippen LogP contribution >= 0.6 is 0 Å². The van der Waals surface area contributed by atoms with Crippen LogP contribution in [0.1, 0.15) is 31.2 Å². The number of rotatable bonds is 5. The fraction of sp³-hybridized carbons (Fsp3) is 0.263. The Morgan fingerprint density at radius 1 is 1.17 bits per heavy atom. The zero-order valence-electron chi connectivity index (χ0n) is 13.5. The molecular weight excluding hydrogens is 286 g/mol. The summed E-state index contributed by atoms with van der Waals surface area (Å²) in [6, 6.07) is 16.3. The Kier molecular flexibility index (Phi) is 4.42. The van der Waals surface area contributed by atoms with Gasteiger partial charge in [-0.3, -0.25) is 4.79 Å². The zero-order chi connectivity index (χ0) is 16.2. The third kappa shape index (κ3) is 3.42. The molecule has 3 rings (SSSR count). The number of carbonyl (C=O) groups is 1. The summed E-state index contributed by atoms with van der Waals surface area (Å²) in [5, 5.41) is 2.93. The predicted molar refractivity (Wildman–Crippen MR) is 93.6 cm³/mol. The summed E-state index contributed by atoms with van der Waals surface area (Å²) in [7, 11) is 0. The summed E-state index contributed by atoms with van der Waals surface area (Å²) in [4.78, 5) is 16.4. The molecule has 0 atom stereocenters. The Morgan fingerprint density at radius 3 is 2.70 bits per heavy atom. The van der Waals surface area contributed by atoms with E-state index in [4.69, 9.17) is 0 Å². The molecule has 3 aromatic rings. The fourth-order valence-corrected chi connectivity index (χ4v) is 2.74. The second-order valence-corrected chi connectivity index (χ2v) is 5.73. The molecule has 0 bridgehead atoms. The van der Waals surface area contributed by atoms with E-state index in [1.54, 1.807) is 0 Å². The molecule has 0 aliphatic rings. The SMILES string of the molecule is CCCC(=O)Nc1ccc2c(c1)nc(C)n2Cc1ccccc1. The number of hydrogen-bond acceptors (Lipinski definition) is 2. The van der Waals surface area contributed by atoms with Crippen molar-refractivity contribution < 1.29 is 4.79 Å². The van der Waals surface area contributed by atoms with Crippen molar-refractivity contribution in [2.24, 2.45) is 0 Å². The van der Waals surface area contributed by atoms with Gasteiger partial charge in [0.15, 0.2) is 0 Å². The number of amides is 1. The van der Waals surface area contributed by atoms with Crippen molar-refractivity contribution in [3.8, 4) is 0 Å². The highest BCUT2D eigenvalue weighted by Gasteiger charge is 2.09. The highest BCUT2D eigenvalue weighted by Crippen LogP contribution is 2.21. The Morgan fingerprint density at radius 2 is 1.96 bits per heavy atom. The van der Waals surface area contributed by atoms with Crippen LogP contribution < -0.4 is 5.32 Å². The van der Waals surface area contributed by atoms with E-state index in [0.717, 1.165) is 35.5 Å². The first kappa shape index (κ1) is 15.3. The minimum atomic E-state index is 0.0484. The van der Waals surface area contributed by atoms with E-state index in [2.05, 4.69) is 27.0 Å². The molecule has 1 aromatic heterocycles. The maximum Gasteiger partial charge on any atom is 0.224 e. The van der Waals surface area contributed by atoms with Gasteiger partial charge in [0.05, 0.1) is 11.0 Å². The van der Waals surface area contributed by atoms with Crippen molar-refractivity contribution in [3.05, 3.63) is 59.9 Å². The molecule has 0 radical (unpaired) electrons. The van der Waals surface area contributed by atoms with E-state index in [0.29, 0.717) is 6.42 Å². The van der Waals surface area contributed by atoms with Gasteiger partial charge < -0.3 is 9.88 Å². The molecule has 2 aromatic carbocycles. The quantitative estimate of drug-likeness (QED) is 0.770. The summed E-state index contributed by atoms with van der Waals surface area (Å²) in [5.41, 5.74) is 4.04. The van der Waals surface area contributed by atoms with E-state index in [-0.39, 0.29) is 5.91 Å². The molecule has 118 valence electrons. The lowest BCUT2D eigenvalue weighted by atomic mass is 10.2. The van der Waals surface area contributed by atoms with Crippen LogP contribution in [0.15, 0.2) is 48.5 Å². The molecular formula is C19H21N3O. The average molecular weight is 307 g/mol. The number of fused-ring (bicyclic) bond motifs is 1. The van der Waals surface area contributed by atoms with Crippen LogP contribution in [-0.2, 0) is 11.3 Å². The lowest BCUT2D eigenvalue weighted by Crippen LogP contribution is -2.10. The number of nitrogens with one attached hydrogen (secondary N) is 1. The van der Waals surface area contributed by atoms with Gasteiger partial charge in [-0.05, 0) is 37.1 Å². The van der Waals surface area contributed by atoms with E-state index in [1.807, 2.05) is 50.2 Å². The van der Waals surface area contributed by atoms with Gasteiger partial charge in [0, 0.05) is 18.7 Å². The van der Waals surface area contributed by atoms with Gasteiger partial charge in [0.1, 0.15) is 5.82 Å². The van der Waals surface area contributed by atoms with Gasteiger partial charge in [0.2, 0.25) is 5.91 Å². The first-order valence-corrected chi connectivity index (χ1v) is 7.98. The molecule has 0 fully saturated rings. The Balaban J connectivity index is 1.89. The van der Waals surface area contributed by atoms with Crippen molar-refractivity contribution in [1.29, 1.82) is 0 Å². The molecule has 23 heavy (non-hydrogen) atoms. The third-order valence-corrected chi connectivity index (χ3v) is 3.88. The van der Waals surface area contributed by atoms with Crippen LogP contribution in [0.4, 0.5) is 5.69 Å². The van der Waals surface area contributed by atoms with Crippen LogP contribution in [0, 0.1) is 6.92 Å². The normalized spacial score (nSPS) is 10.9. The van der Waals surface area contributed by atoms with Crippen molar-refractivity contribution in [2.45, 2.75) is 33.2 Å². The number of nitrogens with zero attached hydrogens (tertiary/aromatic N) is 2. The molecule has 0 spiro atoms. The van der Waals surface area contributed by atoms with E-state index < -0.39 is 0 Å². The lowest BCUT2D eigenvalue weighted by molar-refractivity contribution is -0.116. The van der Waals surface area contributed by atoms with Gasteiger partial charge in [-0.15, -0.1) is 0 Å². The van der Waals surface area contributed by atoms with E-state index in [9.17, 15) is 4.79 Å². The van der Waals surface area contributed by atoms with Gasteiger partial charge in [-0.1, -0.05) is 37.3 Å². The van der Waals surface area contributed by atoms with Crippen molar-refractivity contribution >= 4 is 22.6 Å². The molecule has 1 amide bonds. The molecule has 0 saturated heterocycles. The third-order valence-electron chi connectivity index (χ3n) is 3.88. The Bertz CT molecular complexity index is 821. The van der Waals surface area contributed by atoms with Crippen LogP contribution in [0.2, 0.25) is 0 Å². The maximum absolute atomic E-state index is 11.7. The van der Waals surface area contributed by atoms with Gasteiger partial charge in [-0.25, -0.2) is 4.98 Å². The van der Waals surface area contributed by atoms with Gasteiger partial charge >= 0.3 is 0 Å². The second-order valence-electron chi connectivity index (χ2n) is 5.73. The first-order chi connectivity index (χ1) is 11.2. The van der Waals surface area contributed by atoms with Crippen LogP contribution in [-0.4, -0.2) is 15.5 Å². The number of aromatic nitrogens is 2. The number of carbonyl (C=O) groups excluding carboxylic acids is 1. The molecule has 0 unspecified atom stereocenters. The largest absolute Gasteiger partial charge is 0.326 e. The van der Waals surface area contributed by atoms with Crippen LogP contribution in [0.25, 0.3) is 11.0 Å². The highest BCUT2D eigenvalue weighted by atomic mass is 16.1. The Hall–Kier alpha value is -2.62. The minimum absolute atomic E-state index is 0.0484. The maximum atomic E-state index is 11.7. The average Bonchev–Trinajstić information content (AvgIpc) is 2.84. The number of hydrogen-bond donors (Lipinski definition) is 1. The number of aryl methyl sites for hydroxylation is 1.